The molecule has 0 fully saturated rings. The van der Waals surface area contributed by atoms with Crippen molar-refractivity contribution in [1.29, 1.82) is 5.26 Å². The number of nitriles is 1. The minimum atomic E-state index is -0.616. The van der Waals surface area contributed by atoms with Crippen LogP contribution in [0.1, 0.15) is 50.7 Å². The van der Waals surface area contributed by atoms with Gasteiger partial charge in [-0.2, -0.15) is 5.26 Å². The molecule has 0 aromatic heterocycles. The monoisotopic (exact) mass is 695 g/mol. The second kappa shape index (κ2) is 12.6. The van der Waals surface area contributed by atoms with Crippen molar-refractivity contribution in [3.8, 4) is 17.6 Å². The molecule has 0 saturated carbocycles. The van der Waals surface area contributed by atoms with E-state index in [0.29, 0.717) is 71.1 Å². The predicted molar refractivity (Wildman–Crippen MR) is 164 cm³/mol. The molecule has 0 spiro atoms. The smallest absolute Gasteiger partial charge is 0.174 e. The summed E-state index contributed by atoms with van der Waals surface area (Å²) >= 11 is 14.6. The second-order valence-corrected chi connectivity index (χ2v) is 12.6. The minimum Gasteiger partial charge on any atom is -0.490 e. The number of hydrogen-bond donors (Lipinski definition) is 1. The van der Waals surface area contributed by atoms with E-state index < -0.39 is 5.92 Å². The SMILES string of the molecule is CCOc1cc([C@H]2C(C#N)=C(N)N(CCOC)C3=C2C(=O)CC(C)(C)C3)cc(I)c1OCc1ccc(Cl)cc1Cl. The van der Waals surface area contributed by atoms with E-state index in [1.807, 2.05) is 30.0 Å². The number of ether oxygens (including phenoxy) is 3. The zero-order valence-electron chi connectivity index (χ0n) is 22.9. The molecule has 0 radical (unpaired) electrons. The maximum atomic E-state index is 13.7. The number of benzene rings is 2. The Morgan fingerprint density at radius 2 is 1.95 bits per heavy atom. The van der Waals surface area contributed by atoms with Gasteiger partial charge in [-0.1, -0.05) is 43.1 Å². The number of Topliss-reactive ketones (excluding diaryl/α,β-unsaturated/α-hetero) is 1. The number of halogens is 3. The van der Waals surface area contributed by atoms with Crippen molar-refractivity contribution in [2.45, 2.75) is 46.1 Å². The average Bonchev–Trinajstić information content (AvgIpc) is 2.87. The number of ketones is 1. The summed E-state index contributed by atoms with van der Waals surface area (Å²) in [5.41, 5.74) is 9.74. The molecule has 0 amide bonds. The zero-order chi connectivity index (χ0) is 29.2. The number of rotatable bonds is 9. The maximum Gasteiger partial charge on any atom is 0.174 e. The third kappa shape index (κ3) is 6.23. The number of methoxy groups -OCH3 is 1. The van der Waals surface area contributed by atoms with Crippen LogP contribution in [0.4, 0.5) is 0 Å². The van der Waals surface area contributed by atoms with Crippen molar-refractivity contribution >= 4 is 51.6 Å². The Hall–Kier alpha value is -2.45. The summed E-state index contributed by atoms with van der Waals surface area (Å²) in [6, 6.07) is 11.3. The molecule has 2 aliphatic rings. The van der Waals surface area contributed by atoms with E-state index in [-0.39, 0.29) is 17.8 Å². The van der Waals surface area contributed by atoms with Crippen molar-refractivity contribution in [1.82, 2.24) is 4.90 Å². The van der Waals surface area contributed by atoms with Gasteiger partial charge in [0, 0.05) is 47.0 Å². The van der Waals surface area contributed by atoms with Crippen molar-refractivity contribution in [2.75, 3.05) is 26.9 Å². The molecule has 7 nitrogen and oxygen atoms in total. The molecule has 0 unspecified atom stereocenters. The Kier molecular flexibility index (Phi) is 9.61. The van der Waals surface area contributed by atoms with Crippen LogP contribution in [0.25, 0.3) is 0 Å². The Labute approximate surface area is 259 Å². The van der Waals surface area contributed by atoms with Gasteiger partial charge in [0.25, 0.3) is 0 Å². The third-order valence-electron chi connectivity index (χ3n) is 7.06. The summed E-state index contributed by atoms with van der Waals surface area (Å²) in [5, 5.41) is 11.4. The Morgan fingerprint density at radius 1 is 1.20 bits per heavy atom. The molecule has 1 aliphatic heterocycles. The highest BCUT2D eigenvalue weighted by molar-refractivity contribution is 14.1. The lowest BCUT2D eigenvalue weighted by Gasteiger charge is -2.43. The topological polar surface area (TPSA) is 97.8 Å². The van der Waals surface area contributed by atoms with Gasteiger partial charge in [0.2, 0.25) is 0 Å². The summed E-state index contributed by atoms with van der Waals surface area (Å²) in [7, 11) is 1.62. The fourth-order valence-electron chi connectivity index (χ4n) is 5.29. The Morgan fingerprint density at radius 3 is 2.60 bits per heavy atom. The summed E-state index contributed by atoms with van der Waals surface area (Å²) < 4.78 is 18.3. The summed E-state index contributed by atoms with van der Waals surface area (Å²) in [6.07, 6.45) is 1.05. The predicted octanol–water partition coefficient (Wildman–Crippen LogP) is 6.96. The second-order valence-electron chi connectivity index (χ2n) is 10.6. The molecule has 0 bridgehead atoms. The molecule has 40 heavy (non-hydrogen) atoms. The van der Waals surface area contributed by atoms with Crippen molar-refractivity contribution in [3.63, 3.8) is 0 Å². The van der Waals surface area contributed by atoms with E-state index in [0.717, 1.165) is 20.4 Å². The first-order valence-corrected chi connectivity index (χ1v) is 14.8. The van der Waals surface area contributed by atoms with Gasteiger partial charge in [0.05, 0.1) is 34.3 Å². The van der Waals surface area contributed by atoms with E-state index >= 15 is 0 Å². The van der Waals surface area contributed by atoms with Crippen molar-refractivity contribution in [3.05, 3.63) is 77.7 Å². The standard InChI is InChI=1S/C30H32Cl2IN3O4/c1-5-39-25-11-18(10-22(33)28(25)40-16-17-6-7-19(31)12-21(17)32)26-20(15-34)29(35)36(8-9-38-4)23-13-30(2,3)14-24(37)27(23)26/h6-7,10-12,26H,5,8-9,13-14,16,35H2,1-4H3/t26-/m0/s1. The lowest BCUT2D eigenvalue weighted by molar-refractivity contribution is -0.118. The largest absolute Gasteiger partial charge is 0.490 e. The number of nitrogens with zero attached hydrogens (tertiary/aromatic N) is 2. The maximum absolute atomic E-state index is 13.7. The van der Waals surface area contributed by atoms with Crippen LogP contribution >= 0.6 is 45.8 Å². The molecule has 2 aromatic rings. The Balaban J connectivity index is 1.81. The highest BCUT2D eigenvalue weighted by atomic mass is 127. The van der Waals surface area contributed by atoms with Crippen LogP contribution in [0.15, 0.2) is 53.0 Å². The van der Waals surface area contributed by atoms with Crippen LogP contribution in [0, 0.1) is 20.3 Å². The van der Waals surface area contributed by atoms with E-state index in [1.165, 1.54) is 0 Å². The molecule has 2 N–H and O–H groups in total. The first-order chi connectivity index (χ1) is 19.0. The summed E-state index contributed by atoms with van der Waals surface area (Å²) in [5.74, 6) is 0.812. The quantitative estimate of drug-likeness (QED) is 0.283. The van der Waals surface area contributed by atoms with Gasteiger partial charge < -0.3 is 24.8 Å². The fraction of sp³-hybridized carbons (Fsp3) is 0.400. The van der Waals surface area contributed by atoms with Crippen molar-refractivity contribution in [2.24, 2.45) is 11.1 Å². The highest BCUT2D eigenvalue weighted by Crippen LogP contribution is 2.50. The normalized spacial score (nSPS) is 18.5. The van der Waals surface area contributed by atoms with E-state index in [9.17, 15) is 10.1 Å². The molecule has 1 atom stereocenters. The van der Waals surface area contributed by atoms with E-state index in [1.54, 1.807) is 19.2 Å². The van der Waals surface area contributed by atoms with Crippen LogP contribution in [-0.2, 0) is 16.1 Å². The number of allylic oxidation sites excluding steroid dienone is 3. The van der Waals surface area contributed by atoms with E-state index in [2.05, 4.69) is 42.5 Å². The van der Waals surface area contributed by atoms with Crippen molar-refractivity contribution < 1.29 is 19.0 Å². The molecule has 1 aliphatic carbocycles. The van der Waals surface area contributed by atoms with Gasteiger partial charge in [-0.15, -0.1) is 0 Å². The van der Waals surface area contributed by atoms with Gasteiger partial charge >= 0.3 is 0 Å². The van der Waals surface area contributed by atoms with E-state index in [4.69, 9.17) is 43.1 Å². The molecule has 10 heteroatoms. The molecule has 0 saturated heterocycles. The highest BCUT2D eigenvalue weighted by Gasteiger charge is 2.44. The molecular weight excluding hydrogens is 664 g/mol. The Bertz CT molecular complexity index is 1430. The molecular formula is C30H32Cl2IN3O4. The van der Waals surface area contributed by atoms with Gasteiger partial charge in [-0.05, 0) is 71.2 Å². The first-order valence-electron chi connectivity index (χ1n) is 13.0. The van der Waals surface area contributed by atoms with Gasteiger partial charge in [-0.3, -0.25) is 4.79 Å². The molecule has 212 valence electrons. The fourth-order valence-corrected chi connectivity index (χ4v) is 6.54. The van der Waals surface area contributed by atoms with Crippen LogP contribution in [0.3, 0.4) is 0 Å². The molecule has 2 aromatic carbocycles. The zero-order valence-corrected chi connectivity index (χ0v) is 26.6. The van der Waals surface area contributed by atoms with Gasteiger partial charge in [-0.25, -0.2) is 0 Å². The third-order valence-corrected chi connectivity index (χ3v) is 8.45. The lowest BCUT2D eigenvalue weighted by Crippen LogP contribution is -2.43. The number of hydrogen-bond acceptors (Lipinski definition) is 7. The lowest BCUT2D eigenvalue weighted by atomic mass is 9.68. The average molecular weight is 696 g/mol. The van der Waals surface area contributed by atoms with Crippen LogP contribution in [0.2, 0.25) is 10.0 Å². The number of carbonyl (C=O) groups is 1. The van der Waals surface area contributed by atoms with Crippen LogP contribution < -0.4 is 15.2 Å². The number of nitrogens with two attached hydrogens (primary N) is 1. The van der Waals surface area contributed by atoms with Crippen LogP contribution in [-0.4, -0.2) is 37.6 Å². The molecule has 1 heterocycles. The summed E-state index contributed by atoms with van der Waals surface area (Å²) in [6.45, 7) is 7.51. The van der Waals surface area contributed by atoms with Gasteiger partial charge in [0.15, 0.2) is 17.3 Å². The molecule has 4 rings (SSSR count). The first kappa shape index (κ1) is 30.5. The van der Waals surface area contributed by atoms with Crippen LogP contribution in [0.5, 0.6) is 11.5 Å². The minimum absolute atomic E-state index is 0.0181. The number of carbonyl (C=O) groups excluding carboxylic acids is 1. The summed E-state index contributed by atoms with van der Waals surface area (Å²) in [4.78, 5) is 15.6. The van der Waals surface area contributed by atoms with Gasteiger partial charge in [0.1, 0.15) is 12.4 Å².